The Labute approximate surface area is 114 Å². The molecular formula is C16H20N2O. The van der Waals surface area contributed by atoms with E-state index in [4.69, 9.17) is 4.74 Å². The van der Waals surface area contributed by atoms with Crippen molar-refractivity contribution in [2.45, 2.75) is 19.9 Å². The van der Waals surface area contributed by atoms with Crippen molar-refractivity contribution in [3.8, 4) is 5.75 Å². The molecule has 3 nitrogen and oxygen atoms in total. The highest BCUT2D eigenvalue weighted by atomic mass is 16.5. The average Bonchev–Trinajstić information content (AvgIpc) is 2.39. The minimum atomic E-state index is 0.149. The van der Waals surface area contributed by atoms with Crippen LogP contribution in [0, 0.1) is 13.8 Å². The number of pyridine rings is 1. The third-order valence-corrected chi connectivity index (χ3v) is 3.15. The largest absolute Gasteiger partial charge is 0.497 e. The summed E-state index contributed by atoms with van der Waals surface area (Å²) >= 11 is 0. The van der Waals surface area contributed by atoms with Gasteiger partial charge >= 0.3 is 0 Å². The minimum absolute atomic E-state index is 0.149. The van der Waals surface area contributed by atoms with Crippen LogP contribution < -0.4 is 10.1 Å². The number of aromatic nitrogens is 1. The zero-order valence-corrected chi connectivity index (χ0v) is 11.9. The second kappa shape index (κ2) is 5.85. The first kappa shape index (κ1) is 13.6. The number of rotatable bonds is 4. The Kier molecular flexibility index (Phi) is 4.17. The lowest BCUT2D eigenvalue weighted by atomic mass is 9.98. The highest BCUT2D eigenvalue weighted by molar-refractivity contribution is 5.37. The van der Waals surface area contributed by atoms with Crippen LogP contribution in [0.25, 0.3) is 0 Å². The first-order valence-corrected chi connectivity index (χ1v) is 6.40. The summed E-state index contributed by atoms with van der Waals surface area (Å²) in [6.07, 6.45) is 0. The van der Waals surface area contributed by atoms with E-state index in [1.165, 1.54) is 11.1 Å². The van der Waals surface area contributed by atoms with Gasteiger partial charge in [-0.05, 0) is 56.3 Å². The number of nitrogens with zero attached hydrogens (tertiary/aromatic N) is 1. The first-order chi connectivity index (χ1) is 9.13. The van der Waals surface area contributed by atoms with Crippen LogP contribution in [0.15, 0.2) is 36.4 Å². The number of benzene rings is 1. The van der Waals surface area contributed by atoms with E-state index in [1.807, 2.05) is 33.0 Å². The maximum Gasteiger partial charge on any atom is 0.119 e. The lowest BCUT2D eigenvalue weighted by Gasteiger charge is -2.18. The summed E-state index contributed by atoms with van der Waals surface area (Å²) in [5.41, 5.74) is 4.49. The smallest absolute Gasteiger partial charge is 0.119 e. The molecule has 0 saturated carbocycles. The minimum Gasteiger partial charge on any atom is -0.497 e. The third kappa shape index (κ3) is 3.12. The molecule has 100 valence electrons. The van der Waals surface area contributed by atoms with Gasteiger partial charge in [-0.25, -0.2) is 0 Å². The molecule has 1 atom stereocenters. The van der Waals surface area contributed by atoms with Crippen LogP contribution in [0.2, 0.25) is 0 Å². The fourth-order valence-corrected chi connectivity index (χ4v) is 2.38. The molecule has 0 spiro atoms. The molecule has 0 saturated heterocycles. The SMILES string of the molecule is CNC(c1cccc(OC)c1)c1cc(C)nc(C)c1. The molecule has 0 amide bonds. The Hall–Kier alpha value is -1.87. The van der Waals surface area contributed by atoms with Gasteiger partial charge in [0.1, 0.15) is 5.75 Å². The van der Waals surface area contributed by atoms with Gasteiger partial charge in [-0.2, -0.15) is 0 Å². The average molecular weight is 256 g/mol. The van der Waals surface area contributed by atoms with E-state index in [2.05, 4.69) is 34.6 Å². The molecule has 0 radical (unpaired) electrons. The fourth-order valence-electron chi connectivity index (χ4n) is 2.38. The Morgan fingerprint density at radius 2 is 1.74 bits per heavy atom. The Bertz CT molecular complexity index is 546. The van der Waals surface area contributed by atoms with Crippen molar-refractivity contribution in [2.75, 3.05) is 14.2 Å². The number of hydrogen-bond acceptors (Lipinski definition) is 3. The molecule has 1 aromatic carbocycles. The van der Waals surface area contributed by atoms with E-state index in [9.17, 15) is 0 Å². The maximum atomic E-state index is 5.29. The summed E-state index contributed by atoms with van der Waals surface area (Å²) < 4.78 is 5.29. The normalized spacial score (nSPS) is 12.2. The standard InChI is InChI=1S/C16H20N2O/c1-11-8-14(9-12(2)18-11)16(17-3)13-6-5-7-15(10-13)19-4/h5-10,16-17H,1-4H3. The lowest BCUT2D eigenvalue weighted by Crippen LogP contribution is -2.18. The van der Waals surface area contributed by atoms with Crippen molar-refractivity contribution < 1.29 is 4.74 Å². The van der Waals surface area contributed by atoms with Gasteiger partial charge in [0.2, 0.25) is 0 Å². The van der Waals surface area contributed by atoms with Gasteiger partial charge in [0.15, 0.2) is 0 Å². The number of nitrogens with one attached hydrogen (secondary N) is 1. The van der Waals surface area contributed by atoms with E-state index in [0.717, 1.165) is 17.1 Å². The van der Waals surface area contributed by atoms with Crippen molar-refractivity contribution in [1.82, 2.24) is 10.3 Å². The quantitative estimate of drug-likeness (QED) is 0.913. The summed E-state index contributed by atoms with van der Waals surface area (Å²) in [4.78, 5) is 4.43. The molecule has 1 N–H and O–H groups in total. The zero-order chi connectivity index (χ0) is 13.8. The molecule has 1 heterocycles. The van der Waals surface area contributed by atoms with E-state index >= 15 is 0 Å². The van der Waals surface area contributed by atoms with Gasteiger partial charge in [-0.15, -0.1) is 0 Å². The van der Waals surface area contributed by atoms with E-state index in [-0.39, 0.29) is 6.04 Å². The molecule has 0 aliphatic heterocycles. The third-order valence-electron chi connectivity index (χ3n) is 3.15. The molecular weight excluding hydrogens is 236 g/mol. The second-order valence-corrected chi connectivity index (χ2v) is 4.68. The molecule has 0 bridgehead atoms. The summed E-state index contributed by atoms with van der Waals surface area (Å²) in [6, 6.07) is 12.5. The number of ether oxygens (including phenoxy) is 1. The van der Waals surface area contributed by atoms with Crippen molar-refractivity contribution in [3.05, 3.63) is 58.9 Å². The van der Waals surface area contributed by atoms with Gasteiger partial charge in [0.25, 0.3) is 0 Å². The highest BCUT2D eigenvalue weighted by Gasteiger charge is 2.13. The van der Waals surface area contributed by atoms with Crippen molar-refractivity contribution in [3.63, 3.8) is 0 Å². The lowest BCUT2D eigenvalue weighted by molar-refractivity contribution is 0.414. The molecule has 2 aromatic rings. The Balaban J connectivity index is 2.43. The van der Waals surface area contributed by atoms with Crippen LogP contribution in [0.5, 0.6) is 5.75 Å². The van der Waals surface area contributed by atoms with Crippen LogP contribution in [0.1, 0.15) is 28.6 Å². The Morgan fingerprint density at radius 3 is 2.32 bits per heavy atom. The summed E-state index contributed by atoms with van der Waals surface area (Å²) in [5, 5.41) is 3.36. The number of aryl methyl sites for hydroxylation is 2. The highest BCUT2D eigenvalue weighted by Crippen LogP contribution is 2.25. The molecule has 2 rings (SSSR count). The monoisotopic (exact) mass is 256 g/mol. The molecule has 0 aliphatic rings. The zero-order valence-electron chi connectivity index (χ0n) is 11.9. The van der Waals surface area contributed by atoms with Crippen LogP contribution >= 0.6 is 0 Å². The summed E-state index contributed by atoms with van der Waals surface area (Å²) in [7, 11) is 3.66. The van der Waals surface area contributed by atoms with Crippen LogP contribution in [0.4, 0.5) is 0 Å². The van der Waals surface area contributed by atoms with Gasteiger partial charge in [-0.1, -0.05) is 12.1 Å². The van der Waals surface area contributed by atoms with E-state index in [0.29, 0.717) is 0 Å². The predicted octanol–water partition coefficient (Wildman–Crippen LogP) is 3.02. The molecule has 3 heteroatoms. The maximum absolute atomic E-state index is 5.29. The Morgan fingerprint density at radius 1 is 1.05 bits per heavy atom. The van der Waals surface area contributed by atoms with Gasteiger partial charge in [0.05, 0.1) is 13.2 Å². The van der Waals surface area contributed by atoms with Crippen LogP contribution in [-0.4, -0.2) is 19.1 Å². The number of methoxy groups -OCH3 is 1. The van der Waals surface area contributed by atoms with Crippen molar-refractivity contribution in [2.24, 2.45) is 0 Å². The first-order valence-electron chi connectivity index (χ1n) is 6.40. The van der Waals surface area contributed by atoms with Crippen LogP contribution in [0.3, 0.4) is 0 Å². The van der Waals surface area contributed by atoms with Crippen molar-refractivity contribution >= 4 is 0 Å². The van der Waals surface area contributed by atoms with Gasteiger partial charge < -0.3 is 10.1 Å². The van der Waals surface area contributed by atoms with Crippen LogP contribution in [-0.2, 0) is 0 Å². The summed E-state index contributed by atoms with van der Waals surface area (Å²) in [6.45, 7) is 4.05. The number of hydrogen-bond donors (Lipinski definition) is 1. The molecule has 0 aliphatic carbocycles. The van der Waals surface area contributed by atoms with E-state index in [1.54, 1.807) is 7.11 Å². The fraction of sp³-hybridized carbons (Fsp3) is 0.312. The van der Waals surface area contributed by atoms with Gasteiger partial charge in [0, 0.05) is 11.4 Å². The topological polar surface area (TPSA) is 34.1 Å². The molecule has 1 aromatic heterocycles. The molecule has 0 fully saturated rings. The van der Waals surface area contributed by atoms with E-state index < -0.39 is 0 Å². The van der Waals surface area contributed by atoms with Gasteiger partial charge in [-0.3, -0.25) is 4.98 Å². The molecule has 1 unspecified atom stereocenters. The molecule has 19 heavy (non-hydrogen) atoms. The predicted molar refractivity (Wildman–Crippen MR) is 77.6 cm³/mol. The van der Waals surface area contributed by atoms with Crippen molar-refractivity contribution in [1.29, 1.82) is 0 Å². The summed E-state index contributed by atoms with van der Waals surface area (Å²) in [5.74, 6) is 0.875. The second-order valence-electron chi connectivity index (χ2n) is 4.68.